The molecule has 104 valence electrons. The molecule has 6 heteroatoms. The highest BCUT2D eigenvalue weighted by Crippen LogP contribution is 2.26. The van der Waals surface area contributed by atoms with Crippen molar-refractivity contribution in [3.63, 3.8) is 0 Å². The van der Waals surface area contributed by atoms with Gasteiger partial charge in [-0.2, -0.15) is 0 Å². The Morgan fingerprint density at radius 3 is 2.50 bits per heavy atom. The predicted octanol–water partition coefficient (Wildman–Crippen LogP) is 5.08. The van der Waals surface area contributed by atoms with Crippen LogP contribution in [0.2, 0.25) is 0 Å². The SMILES string of the molecule is O=C(CSc1ccc(F)cc1)Nc1ccc(Br)cc1Br. The Balaban J connectivity index is 1.90. The summed E-state index contributed by atoms with van der Waals surface area (Å²) in [4.78, 5) is 12.7. The highest BCUT2D eigenvalue weighted by atomic mass is 79.9. The first-order valence-electron chi connectivity index (χ1n) is 5.68. The average molecular weight is 419 g/mol. The Morgan fingerprint density at radius 2 is 1.85 bits per heavy atom. The molecule has 0 unspecified atom stereocenters. The second kappa shape index (κ2) is 7.24. The minimum Gasteiger partial charge on any atom is -0.324 e. The fourth-order valence-corrected chi connectivity index (χ4v) is 3.30. The number of carbonyl (C=O) groups is 1. The van der Waals surface area contributed by atoms with E-state index in [9.17, 15) is 9.18 Å². The van der Waals surface area contributed by atoms with Crippen molar-refractivity contribution in [2.45, 2.75) is 4.90 Å². The Morgan fingerprint density at radius 1 is 1.15 bits per heavy atom. The van der Waals surface area contributed by atoms with E-state index in [1.807, 2.05) is 18.2 Å². The summed E-state index contributed by atoms with van der Waals surface area (Å²) in [5.41, 5.74) is 0.720. The van der Waals surface area contributed by atoms with Crippen molar-refractivity contribution in [3.05, 3.63) is 57.2 Å². The van der Waals surface area contributed by atoms with Crippen LogP contribution in [0, 0.1) is 5.82 Å². The second-order valence-corrected chi connectivity index (χ2v) is 6.73. The van der Waals surface area contributed by atoms with Crippen molar-refractivity contribution < 1.29 is 9.18 Å². The number of rotatable bonds is 4. The number of anilines is 1. The standard InChI is InChI=1S/C14H10Br2FNOS/c15-9-1-6-13(12(16)7-9)18-14(19)8-20-11-4-2-10(17)3-5-11/h1-7H,8H2,(H,18,19). The molecule has 0 fully saturated rings. The van der Waals surface area contributed by atoms with Crippen molar-refractivity contribution in [1.29, 1.82) is 0 Å². The molecule has 1 amide bonds. The molecular weight excluding hydrogens is 409 g/mol. The molecule has 20 heavy (non-hydrogen) atoms. The van der Waals surface area contributed by atoms with Crippen LogP contribution in [0.5, 0.6) is 0 Å². The maximum atomic E-state index is 12.8. The van der Waals surface area contributed by atoms with Crippen LogP contribution in [-0.2, 0) is 4.79 Å². The van der Waals surface area contributed by atoms with E-state index in [0.717, 1.165) is 19.5 Å². The third-order valence-electron chi connectivity index (χ3n) is 2.39. The first kappa shape index (κ1) is 15.5. The summed E-state index contributed by atoms with van der Waals surface area (Å²) in [7, 11) is 0. The van der Waals surface area contributed by atoms with Gasteiger partial charge in [0.05, 0.1) is 11.4 Å². The van der Waals surface area contributed by atoms with Crippen molar-refractivity contribution in [1.82, 2.24) is 0 Å². The Kier molecular flexibility index (Phi) is 5.63. The number of carbonyl (C=O) groups excluding carboxylic acids is 1. The van der Waals surface area contributed by atoms with Crippen LogP contribution in [0.15, 0.2) is 56.3 Å². The Hall–Kier alpha value is -0.850. The third kappa shape index (κ3) is 4.61. The number of halogens is 3. The summed E-state index contributed by atoms with van der Waals surface area (Å²) >= 11 is 8.10. The molecule has 0 atom stereocenters. The van der Waals surface area contributed by atoms with Gasteiger partial charge in [0.1, 0.15) is 5.82 Å². The molecule has 2 nitrogen and oxygen atoms in total. The van der Waals surface area contributed by atoms with E-state index in [-0.39, 0.29) is 17.5 Å². The summed E-state index contributed by atoms with van der Waals surface area (Å²) in [6, 6.07) is 11.6. The van der Waals surface area contributed by atoms with E-state index < -0.39 is 0 Å². The monoisotopic (exact) mass is 417 g/mol. The molecule has 0 aromatic heterocycles. The summed E-state index contributed by atoms with van der Waals surface area (Å²) in [6.45, 7) is 0. The zero-order valence-corrected chi connectivity index (χ0v) is 14.2. The molecule has 1 N–H and O–H groups in total. The van der Waals surface area contributed by atoms with Crippen LogP contribution >= 0.6 is 43.6 Å². The van der Waals surface area contributed by atoms with Gasteiger partial charge in [-0.1, -0.05) is 15.9 Å². The lowest BCUT2D eigenvalue weighted by Crippen LogP contribution is -2.14. The molecule has 2 aromatic rings. The molecule has 0 saturated carbocycles. The van der Waals surface area contributed by atoms with Gasteiger partial charge in [0.25, 0.3) is 0 Å². The number of nitrogens with one attached hydrogen (secondary N) is 1. The Labute approximate surface area is 137 Å². The van der Waals surface area contributed by atoms with E-state index >= 15 is 0 Å². The zero-order valence-electron chi connectivity index (χ0n) is 10.2. The van der Waals surface area contributed by atoms with Gasteiger partial charge in [0, 0.05) is 13.8 Å². The number of thioether (sulfide) groups is 1. The van der Waals surface area contributed by atoms with E-state index in [2.05, 4.69) is 37.2 Å². The molecule has 0 aliphatic rings. The molecular formula is C14H10Br2FNOS. The highest BCUT2D eigenvalue weighted by molar-refractivity contribution is 9.11. The van der Waals surface area contributed by atoms with Crippen LogP contribution in [0.3, 0.4) is 0 Å². The fraction of sp³-hybridized carbons (Fsp3) is 0.0714. The van der Waals surface area contributed by atoms with Gasteiger partial charge in [-0.05, 0) is 58.4 Å². The average Bonchev–Trinajstić information content (AvgIpc) is 2.41. The van der Waals surface area contributed by atoms with Crippen molar-refractivity contribution >= 4 is 55.2 Å². The third-order valence-corrected chi connectivity index (χ3v) is 4.55. The van der Waals surface area contributed by atoms with Crippen LogP contribution in [0.4, 0.5) is 10.1 Å². The molecule has 0 aliphatic heterocycles. The summed E-state index contributed by atoms with van der Waals surface area (Å²) in [5, 5.41) is 2.82. The van der Waals surface area contributed by atoms with Gasteiger partial charge in [0.15, 0.2) is 0 Å². The van der Waals surface area contributed by atoms with E-state index in [4.69, 9.17) is 0 Å². The van der Waals surface area contributed by atoms with Gasteiger partial charge in [0.2, 0.25) is 5.91 Å². The quantitative estimate of drug-likeness (QED) is 0.701. The van der Waals surface area contributed by atoms with Crippen molar-refractivity contribution in [3.8, 4) is 0 Å². The summed E-state index contributed by atoms with van der Waals surface area (Å²) in [6.07, 6.45) is 0. The van der Waals surface area contributed by atoms with E-state index in [0.29, 0.717) is 0 Å². The highest BCUT2D eigenvalue weighted by Gasteiger charge is 2.07. The van der Waals surface area contributed by atoms with Gasteiger partial charge in [-0.25, -0.2) is 4.39 Å². The fourth-order valence-electron chi connectivity index (χ4n) is 1.46. The van der Waals surface area contributed by atoms with Gasteiger partial charge in [-0.15, -0.1) is 11.8 Å². The minimum absolute atomic E-state index is 0.109. The van der Waals surface area contributed by atoms with Gasteiger partial charge >= 0.3 is 0 Å². The minimum atomic E-state index is -0.280. The lowest BCUT2D eigenvalue weighted by atomic mass is 10.3. The lowest BCUT2D eigenvalue weighted by Gasteiger charge is -2.07. The maximum Gasteiger partial charge on any atom is 0.234 e. The smallest absolute Gasteiger partial charge is 0.234 e. The largest absolute Gasteiger partial charge is 0.324 e. The van der Waals surface area contributed by atoms with Crippen LogP contribution in [0.25, 0.3) is 0 Å². The first-order valence-corrected chi connectivity index (χ1v) is 8.25. The van der Waals surface area contributed by atoms with E-state index in [1.54, 1.807) is 12.1 Å². The summed E-state index contributed by atoms with van der Waals surface area (Å²) in [5.74, 6) is -0.117. The molecule has 0 bridgehead atoms. The lowest BCUT2D eigenvalue weighted by molar-refractivity contribution is -0.113. The second-order valence-electron chi connectivity index (χ2n) is 3.91. The predicted molar refractivity (Wildman–Crippen MR) is 87.6 cm³/mol. The van der Waals surface area contributed by atoms with Crippen LogP contribution in [-0.4, -0.2) is 11.7 Å². The zero-order chi connectivity index (χ0) is 14.5. The van der Waals surface area contributed by atoms with Crippen LogP contribution in [0.1, 0.15) is 0 Å². The summed E-state index contributed by atoms with van der Waals surface area (Å²) < 4.78 is 14.5. The number of benzene rings is 2. The maximum absolute atomic E-state index is 12.8. The number of hydrogen-bond donors (Lipinski definition) is 1. The van der Waals surface area contributed by atoms with Crippen LogP contribution < -0.4 is 5.32 Å². The van der Waals surface area contributed by atoms with Crippen molar-refractivity contribution in [2.75, 3.05) is 11.1 Å². The molecule has 0 saturated heterocycles. The van der Waals surface area contributed by atoms with E-state index in [1.165, 1.54) is 23.9 Å². The normalized spacial score (nSPS) is 10.3. The molecule has 0 spiro atoms. The Bertz CT molecular complexity index is 619. The van der Waals surface area contributed by atoms with Gasteiger partial charge in [-0.3, -0.25) is 4.79 Å². The topological polar surface area (TPSA) is 29.1 Å². The molecule has 0 heterocycles. The molecule has 2 rings (SSSR count). The first-order chi connectivity index (χ1) is 9.54. The van der Waals surface area contributed by atoms with Gasteiger partial charge < -0.3 is 5.32 Å². The molecule has 2 aromatic carbocycles. The van der Waals surface area contributed by atoms with Crippen molar-refractivity contribution in [2.24, 2.45) is 0 Å². The molecule has 0 radical (unpaired) electrons. The number of amides is 1. The number of hydrogen-bond acceptors (Lipinski definition) is 2. The molecule has 0 aliphatic carbocycles.